The van der Waals surface area contributed by atoms with Gasteiger partial charge in [0.1, 0.15) is 18.2 Å². The number of para-hydroxylation sites is 1. The van der Waals surface area contributed by atoms with Crippen LogP contribution in [0.25, 0.3) is 0 Å². The topological polar surface area (TPSA) is 46.2 Å². The summed E-state index contributed by atoms with van der Waals surface area (Å²) < 4.78 is 5.67. The van der Waals surface area contributed by atoms with Gasteiger partial charge in [0.05, 0.1) is 6.04 Å². The van der Waals surface area contributed by atoms with Crippen LogP contribution in [0.5, 0.6) is 5.75 Å². The highest BCUT2D eigenvalue weighted by Gasteiger charge is 2.06. The minimum atomic E-state index is 0.0926. The summed E-state index contributed by atoms with van der Waals surface area (Å²) in [5.74, 6) is 1.59. The maximum absolute atomic E-state index is 5.67. The molecule has 1 aromatic carbocycles. The van der Waals surface area contributed by atoms with Crippen LogP contribution in [0.3, 0.4) is 0 Å². The summed E-state index contributed by atoms with van der Waals surface area (Å²) in [5, 5.41) is 6.78. The molecule has 0 saturated carbocycles. The molecule has 0 amide bonds. The van der Waals surface area contributed by atoms with Gasteiger partial charge in [-0.15, -0.1) is 0 Å². The van der Waals surface area contributed by atoms with Gasteiger partial charge in [-0.3, -0.25) is 0 Å². The van der Waals surface area contributed by atoms with Crippen LogP contribution in [0.4, 0.5) is 5.82 Å². The molecular formula is C16H19N3OS. The van der Waals surface area contributed by atoms with E-state index in [0.717, 1.165) is 17.3 Å². The molecule has 1 aromatic heterocycles. The molecule has 110 valence electrons. The van der Waals surface area contributed by atoms with E-state index in [4.69, 9.17) is 17.0 Å². The van der Waals surface area contributed by atoms with Gasteiger partial charge >= 0.3 is 0 Å². The first-order valence-corrected chi connectivity index (χ1v) is 7.23. The Labute approximate surface area is 130 Å². The molecule has 21 heavy (non-hydrogen) atoms. The molecule has 4 nitrogen and oxygen atoms in total. The number of rotatable bonds is 5. The van der Waals surface area contributed by atoms with Crippen LogP contribution < -0.4 is 15.4 Å². The average molecular weight is 301 g/mol. The fourth-order valence-corrected chi connectivity index (χ4v) is 2.07. The molecule has 0 unspecified atom stereocenters. The second-order valence-corrected chi connectivity index (χ2v) is 5.20. The van der Waals surface area contributed by atoms with Gasteiger partial charge in [0.25, 0.3) is 0 Å². The Bertz CT molecular complexity index is 589. The molecule has 1 atom stereocenters. The highest BCUT2D eigenvalue weighted by molar-refractivity contribution is 7.80. The molecular weight excluding hydrogens is 282 g/mol. The first-order valence-electron chi connectivity index (χ1n) is 6.82. The molecule has 0 aliphatic heterocycles. The van der Waals surface area contributed by atoms with Gasteiger partial charge in [-0.25, -0.2) is 4.98 Å². The van der Waals surface area contributed by atoms with Crippen LogP contribution >= 0.6 is 12.2 Å². The van der Waals surface area contributed by atoms with E-state index in [1.54, 1.807) is 0 Å². The van der Waals surface area contributed by atoms with Crippen molar-refractivity contribution < 1.29 is 4.74 Å². The minimum absolute atomic E-state index is 0.0926. The number of pyridine rings is 1. The number of thiocarbonyl (C=S) groups is 1. The summed E-state index contributed by atoms with van der Waals surface area (Å²) in [6.07, 6.45) is 0. The van der Waals surface area contributed by atoms with Crippen molar-refractivity contribution in [3.63, 3.8) is 0 Å². The van der Waals surface area contributed by atoms with Crippen LogP contribution in [-0.4, -0.2) is 22.7 Å². The third-order valence-electron chi connectivity index (χ3n) is 2.75. The van der Waals surface area contributed by atoms with Crippen molar-refractivity contribution in [2.45, 2.75) is 19.9 Å². The number of nitrogens with zero attached hydrogens (tertiary/aromatic N) is 1. The van der Waals surface area contributed by atoms with E-state index in [9.17, 15) is 0 Å². The molecule has 0 spiro atoms. The summed E-state index contributed by atoms with van der Waals surface area (Å²) in [5.41, 5.74) is 0.947. The number of benzene rings is 1. The Morgan fingerprint density at radius 3 is 2.67 bits per heavy atom. The first kappa shape index (κ1) is 15.3. The molecule has 2 N–H and O–H groups in total. The van der Waals surface area contributed by atoms with E-state index in [2.05, 4.69) is 15.6 Å². The summed E-state index contributed by atoms with van der Waals surface area (Å²) in [6.45, 7) is 4.49. The van der Waals surface area contributed by atoms with E-state index >= 15 is 0 Å². The maximum atomic E-state index is 5.67. The summed E-state index contributed by atoms with van der Waals surface area (Å²) in [4.78, 5) is 4.34. The van der Waals surface area contributed by atoms with Gasteiger partial charge in [-0.05, 0) is 50.3 Å². The third kappa shape index (κ3) is 5.39. The Hall–Kier alpha value is -2.14. The van der Waals surface area contributed by atoms with Crippen molar-refractivity contribution in [2.75, 3.05) is 11.9 Å². The molecule has 0 bridgehead atoms. The zero-order valence-electron chi connectivity index (χ0n) is 12.2. The van der Waals surface area contributed by atoms with Crippen LogP contribution in [0.2, 0.25) is 0 Å². The average Bonchev–Trinajstić information content (AvgIpc) is 2.46. The van der Waals surface area contributed by atoms with Crippen molar-refractivity contribution in [1.29, 1.82) is 0 Å². The predicted molar refractivity (Wildman–Crippen MR) is 89.7 cm³/mol. The van der Waals surface area contributed by atoms with E-state index in [1.165, 1.54) is 0 Å². The lowest BCUT2D eigenvalue weighted by molar-refractivity contribution is 0.287. The maximum Gasteiger partial charge on any atom is 0.172 e. The van der Waals surface area contributed by atoms with E-state index in [-0.39, 0.29) is 6.04 Å². The second-order valence-electron chi connectivity index (χ2n) is 4.79. The van der Waals surface area contributed by atoms with Crippen molar-refractivity contribution in [3.8, 4) is 5.75 Å². The van der Waals surface area contributed by atoms with Crippen molar-refractivity contribution in [2.24, 2.45) is 0 Å². The smallest absolute Gasteiger partial charge is 0.172 e. The quantitative estimate of drug-likeness (QED) is 0.831. The van der Waals surface area contributed by atoms with E-state index in [1.807, 2.05) is 62.4 Å². The van der Waals surface area contributed by atoms with E-state index < -0.39 is 0 Å². The van der Waals surface area contributed by atoms with Crippen molar-refractivity contribution in [3.05, 3.63) is 54.2 Å². The predicted octanol–water partition coefficient (Wildman–Crippen LogP) is 3.14. The molecule has 2 rings (SSSR count). The zero-order valence-corrected chi connectivity index (χ0v) is 13.0. The lowest BCUT2D eigenvalue weighted by Crippen LogP contribution is -2.39. The lowest BCUT2D eigenvalue weighted by Gasteiger charge is -2.17. The number of aromatic nitrogens is 1. The third-order valence-corrected chi connectivity index (χ3v) is 2.97. The molecule has 0 saturated heterocycles. The molecule has 0 fully saturated rings. The zero-order chi connectivity index (χ0) is 15.1. The van der Waals surface area contributed by atoms with E-state index in [0.29, 0.717) is 11.7 Å². The fourth-order valence-electron chi connectivity index (χ4n) is 1.77. The summed E-state index contributed by atoms with van der Waals surface area (Å²) in [7, 11) is 0. The van der Waals surface area contributed by atoms with Crippen LogP contribution in [0.1, 0.15) is 12.6 Å². The fraction of sp³-hybridized carbons (Fsp3) is 0.250. The molecule has 0 radical (unpaired) electrons. The molecule has 5 heteroatoms. The normalized spacial score (nSPS) is 11.5. The standard InChI is InChI=1S/C16H19N3OS/c1-12-7-6-10-15(17-12)19-16(21)18-13(2)11-20-14-8-4-3-5-9-14/h3-10,13H,11H2,1-2H3,(H2,17,18,19,21)/t13-/m0/s1. The number of hydrogen-bond acceptors (Lipinski definition) is 3. The highest BCUT2D eigenvalue weighted by Crippen LogP contribution is 2.08. The number of nitrogens with one attached hydrogen (secondary N) is 2. The SMILES string of the molecule is Cc1cccc(NC(=S)N[C@@H](C)COc2ccccc2)n1. The Kier molecular flexibility index (Phi) is 5.51. The van der Waals surface area contributed by atoms with Gasteiger partial charge in [0, 0.05) is 5.69 Å². The van der Waals surface area contributed by atoms with Gasteiger partial charge in [0.2, 0.25) is 0 Å². The van der Waals surface area contributed by atoms with Crippen LogP contribution in [0.15, 0.2) is 48.5 Å². The molecule has 0 aliphatic carbocycles. The van der Waals surface area contributed by atoms with Crippen molar-refractivity contribution >= 4 is 23.1 Å². The van der Waals surface area contributed by atoms with Crippen LogP contribution in [-0.2, 0) is 0 Å². The van der Waals surface area contributed by atoms with Gasteiger partial charge in [-0.1, -0.05) is 24.3 Å². The molecule has 0 aliphatic rings. The number of aryl methyl sites for hydroxylation is 1. The number of anilines is 1. The van der Waals surface area contributed by atoms with Crippen molar-refractivity contribution in [1.82, 2.24) is 10.3 Å². The second kappa shape index (κ2) is 7.59. The monoisotopic (exact) mass is 301 g/mol. The van der Waals surface area contributed by atoms with Gasteiger partial charge in [0.15, 0.2) is 5.11 Å². The van der Waals surface area contributed by atoms with Gasteiger partial charge < -0.3 is 15.4 Å². The molecule has 2 aromatic rings. The summed E-state index contributed by atoms with van der Waals surface area (Å²) >= 11 is 5.27. The van der Waals surface area contributed by atoms with Gasteiger partial charge in [-0.2, -0.15) is 0 Å². The lowest BCUT2D eigenvalue weighted by atomic mass is 10.3. The number of ether oxygens (including phenoxy) is 1. The summed E-state index contributed by atoms with van der Waals surface area (Å²) in [6, 6.07) is 15.6. The first-order chi connectivity index (χ1) is 10.1. The Morgan fingerprint density at radius 1 is 1.19 bits per heavy atom. The Balaban J connectivity index is 1.77. The number of hydrogen-bond donors (Lipinski definition) is 2. The Morgan fingerprint density at radius 2 is 1.95 bits per heavy atom. The minimum Gasteiger partial charge on any atom is -0.491 e. The largest absolute Gasteiger partial charge is 0.491 e. The molecule has 1 heterocycles. The highest BCUT2D eigenvalue weighted by atomic mass is 32.1. The van der Waals surface area contributed by atoms with Crippen LogP contribution in [0, 0.1) is 6.92 Å².